The van der Waals surface area contributed by atoms with E-state index in [2.05, 4.69) is 5.32 Å². The average Bonchev–Trinajstić information content (AvgIpc) is 2.53. The molecule has 7 nitrogen and oxygen atoms in total. The first-order chi connectivity index (χ1) is 11.7. The minimum Gasteiger partial charge on any atom is -0.508 e. The Morgan fingerprint density at radius 2 is 1.80 bits per heavy atom. The van der Waals surface area contributed by atoms with Crippen molar-refractivity contribution in [3.63, 3.8) is 0 Å². The van der Waals surface area contributed by atoms with Gasteiger partial charge in [-0.15, -0.1) is 0 Å². The summed E-state index contributed by atoms with van der Waals surface area (Å²) >= 11 is 0. The second kappa shape index (κ2) is 6.08. The fourth-order valence-corrected chi connectivity index (χ4v) is 2.99. The third-order valence-corrected chi connectivity index (χ3v) is 4.45. The molecule has 0 radical (unpaired) electrons. The molecule has 0 aliphatic heterocycles. The summed E-state index contributed by atoms with van der Waals surface area (Å²) in [6.45, 7) is 0. The Kier molecular flexibility index (Phi) is 4.07. The third-order valence-electron chi connectivity index (χ3n) is 3.60. The highest BCUT2D eigenvalue weighted by atomic mass is 32.2. The Labute approximate surface area is 143 Å². The van der Waals surface area contributed by atoms with Gasteiger partial charge in [-0.1, -0.05) is 12.1 Å². The molecule has 0 atom stereocenters. The number of hydrogen-bond acceptors (Lipinski definition) is 5. The number of anilines is 2. The van der Waals surface area contributed by atoms with E-state index < -0.39 is 16.0 Å². The molecule has 8 heteroatoms. The van der Waals surface area contributed by atoms with Gasteiger partial charge in [-0.25, -0.2) is 0 Å². The number of nitrogen functional groups attached to an aromatic ring is 1. The molecule has 0 saturated heterocycles. The fraction of sp³-hybridized carbons (Fsp3) is 0. The van der Waals surface area contributed by atoms with Crippen molar-refractivity contribution in [2.45, 2.75) is 4.90 Å². The van der Waals surface area contributed by atoms with Crippen LogP contribution in [0.3, 0.4) is 0 Å². The summed E-state index contributed by atoms with van der Waals surface area (Å²) in [6, 6.07) is 12.9. The van der Waals surface area contributed by atoms with Crippen LogP contribution < -0.4 is 11.1 Å². The van der Waals surface area contributed by atoms with Crippen LogP contribution in [-0.4, -0.2) is 24.0 Å². The van der Waals surface area contributed by atoms with Gasteiger partial charge in [0.1, 0.15) is 5.75 Å². The van der Waals surface area contributed by atoms with Gasteiger partial charge in [0.15, 0.2) is 0 Å². The summed E-state index contributed by atoms with van der Waals surface area (Å²) in [7, 11) is -4.37. The van der Waals surface area contributed by atoms with E-state index in [9.17, 15) is 18.3 Å². The maximum Gasteiger partial charge on any atom is 0.294 e. The number of aromatic hydroxyl groups is 1. The second-order valence-electron chi connectivity index (χ2n) is 5.43. The van der Waals surface area contributed by atoms with E-state index in [0.29, 0.717) is 27.7 Å². The lowest BCUT2D eigenvalue weighted by Gasteiger charge is -2.11. The third kappa shape index (κ3) is 3.54. The van der Waals surface area contributed by atoms with E-state index in [0.717, 1.165) is 0 Å². The summed E-state index contributed by atoms with van der Waals surface area (Å²) in [5.74, 6) is -0.596. The first-order valence-electron chi connectivity index (χ1n) is 7.15. The van der Waals surface area contributed by atoms with E-state index in [1.165, 1.54) is 36.4 Å². The minimum absolute atomic E-state index is 0.164. The minimum atomic E-state index is -4.37. The number of fused-ring (bicyclic) bond motifs is 1. The number of hydrogen-bond donors (Lipinski definition) is 4. The normalized spacial score (nSPS) is 11.4. The zero-order valence-electron chi connectivity index (χ0n) is 12.8. The summed E-state index contributed by atoms with van der Waals surface area (Å²) in [6.07, 6.45) is 0. The first kappa shape index (κ1) is 16.7. The van der Waals surface area contributed by atoms with E-state index >= 15 is 0 Å². The van der Waals surface area contributed by atoms with Gasteiger partial charge in [0.05, 0.1) is 10.6 Å². The molecule has 128 valence electrons. The number of carbonyl (C=O) groups excluding carboxylic acids is 1. The summed E-state index contributed by atoms with van der Waals surface area (Å²) in [5, 5.41) is 13.4. The van der Waals surface area contributed by atoms with Crippen LogP contribution in [-0.2, 0) is 10.1 Å². The van der Waals surface area contributed by atoms with Gasteiger partial charge in [-0.3, -0.25) is 9.35 Å². The number of benzene rings is 3. The molecule has 25 heavy (non-hydrogen) atoms. The zero-order chi connectivity index (χ0) is 18.2. The van der Waals surface area contributed by atoms with Crippen molar-refractivity contribution in [3.05, 3.63) is 60.2 Å². The molecule has 0 aliphatic rings. The SMILES string of the molecule is Nc1cccc(C(=O)Nc2cc(O)cc3cc(S(=O)(=O)O)ccc23)c1. The highest BCUT2D eigenvalue weighted by molar-refractivity contribution is 7.85. The molecule has 0 unspecified atom stereocenters. The largest absolute Gasteiger partial charge is 0.508 e. The number of amides is 1. The number of rotatable bonds is 3. The molecule has 3 aromatic carbocycles. The van der Waals surface area contributed by atoms with Crippen molar-refractivity contribution in [3.8, 4) is 5.75 Å². The smallest absolute Gasteiger partial charge is 0.294 e. The number of carbonyl (C=O) groups is 1. The van der Waals surface area contributed by atoms with Crippen molar-refractivity contribution >= 4 is 38.2 Å². The van der Waals surface area contributed by atoms with Gasteiger partial charge < -0.3 is 16.2 Å². The van der Waals surface area contributed by atoms with Crippen LogP contribution in [0.15, 0.2) is 59.5 Å². The summed E-state index contributed by atoms with van der Waals surface area (Å²) in [5.41, 5.74) is 6.73. The molecule has 3 rings (SSSR count). The van der Waals surface area contributed by atoms with Crippen molar-refractivity contribution < 1.29 is 22.9 Å². The van der Waals surface area contributed by atoms with Gasteiger partial charge in [-0.2, -0.15) is 8.42 Å². The van der Waals surface area contributed by atoms with Crippen molar-refractivity contribution in [2.75, 3.05) is 11.1 Å². The molecular formula is C17H14N2O5S. The molecule has 0 heterocycles. The van der Waals surface area contributed by atoms with E-state index in [1.54, 1.807) is 18.2 Å². The summed E-state index contributed by atoms with van der Waals surface area (Å²) < 4.78 is 31.6. The summed E-state index contributed by atoms with van der Waals surface area (Å²) in [4.78, 5) is 12.1. The fourth-order valence-electron chi connectivity index (χ4n) is 2.47. The Morgan fingerprint density at radius 3 is 2.48 bits per heavy atom. The number of phenols is 1. The van der Waals surface area contributed by atoms with Crippen LogP contribution >= 0.6 is 0 Å². The standard InChI is InChI=1S/C17H14N2O5S/c18-12-3-1-2-10(6-12)17(21)19-16-9-13(20)7-11-8-14(25(22,23)24)4-5-15(11)16/h1-9,20H,18H2,(H,19,21)(H,22,23,24). The van der Waals surface area contributed by atoms with Crippen LogP contribution in [0.4, 0.5) is 11.4 Å². The van der Waals surface area contributed by atoms with E-state index in [4.69, 9.17) is 10.3 Å². The van der Waals surface area contributed by atoms with Gasteiger partial charge >= 0.3 is 0 Å². The molecule has 0 saturated carbocycles. The van der Waals surface area contributed by atoms with Crippen LogP contribution in [0.1, 0.15) is 10.4 Å². The monoisotopic (exact) mass is 358 g/mol. The Hall–Kier alpha value is -3.10. The van der Waals surface area contributed by atoms with Gasteiger partial charge in [-0.05, 0) is 41.8 Å². The van der Waals surface area contributed by atoms with Crippen molar-refractivity contribution in [1.29, 1.82) is 0 Å². The maximum absolute atomic E-state index is 12.4. The Morgan fingerprint density at radius 1 is 1.04 bits per heavy atom. The maximum atomic E-state index is 12.4. The molecule has 3 aromatic rings. The molecule has 1 amide bonds. The number of nitrogens with one attached hydrogen (secondary N) is 1. The molecule has 0 aliphatic carbocycles. The van der Waals surface area contributed by atoms with Gasteiger partial charge in [0.25, 0.3) is 16.0 Å². The highest BCUT2D eigenvalue weighted by Gasteiger charge is 2.14. The van der Waals surface area contributed by atoms with Crippen LogP contribution in [0, 0.1) is 0 Å². The first-order valence-corrected chi connectivity index (χ1v) is 8.59. The number of phenolic OH excluding ortho intramolecular Hbond substituents is 1. The van der Waals surface area contributed by atoms with Gasteiger partial charge in [0, 0.05) is 22.7 Å². The zero-order valence-corrected chi connectivity index (χ0v) is 13.6. The predicted octanol–water partition coefficient (Wildman–Crippen LogP) is 2.63. The second-order valence-corrected chi connectivity index (χ2v) is 6.85. The lowest BCUT2D eigenvalue weighted by atomic mass is 10.1. The quantitative estimate of drug-likeness (QED) is 0.421. The van der Waals surface area contributed by atoms with E-state index in [1.807, 2.05) is 0 Å². The molecular weight excluding hydrogens is 344 g/mol. The molecule has 5 N–H and O–H groups in total. The lowest BCUT2D eigenvalue weighted by Crippen LogP contribution is -2.12. The molecule has 0 bridgehead atoms. The van der Waals surface area contributed by atoms with Crippen LogP contribution in [0.25, 0.3) is 10.8 Å². The topological polar surface area (TPSA) is 130 Å². The predicted molar refractivity (Wildman–Crippen MR) is 94.2 cm³/mol. The molecule has 0 spiro atoms. The van der Waals surface area contributed by atoms with Crippen molar-refractivity contribution in [2.24, 2.45) is 0 Å². The van der Waals surface area contributed by atoms with Crippen molar-refractivity contribution in [1.82, 2.24) is 0 Å². The van der Waals surface area contributed by atoms with E-state index in [-0.39, 0.29) is 10.6 Å². The van der Waals surface area contributed by atoms with Gasteiger partial charge in [0.2, 0.25) is 0 Å². The lowest BCUT2D eigenvalue weighted by molar-refractivity contribution is 0.102. The number of nitrogens with two attached hydrogens (primary N) is 1. The Balaban J connectivity index is 2.05. The molecule has 0 aromatic heterocycles. The van der Waals surface area contributed by atoms with Crippen LogP contribution in [0.2, 0.25) is 0 Å². The average molecular weight is 358 g/mol. The highest BCUT2D eigenvalue weighted by Crippen LogP contribution is 2.31. The van der Waals surface area contributed by atoms with Crippen LogP contribution in [0.5, 0.6) is 5.75 Å². The Bertz CT molecular complexity index is 1090. The molecule has 0 fully saturated rings.